The zero-order valence-corrected chi connectivity index (χ0v) is 13.2. The number of carbonyl (C=O) groups excluding carboxylic acids is 1. The molecule has 0 spiro atoms. The van der Waals surface area contributed by atoms with Gasteiger partial charge in [0.25, 0.3) is 0 Å². The van der Waals surface area contributed by atoms with Gasteiger partial charge in [0.1, 0.15) is 5.65 Å². The second kappa shape index (κ2) is 6.81. The van der Waals surface area contributed by atoms with Gasteiger partial charge in [-0.2, -0.15) is 0 Å². The minimum Gasteiger partial charge on any atom is -0.403 e. The summed E-state index contributed by atoms with van der Waals surface area (Å²) in [5.74, 6) is -0.0529. The fraction of sp³-hybridized carbons (Fsp3) is 0.471. The number of fused-ring (bicyclic) bond motifs is 1. The highest BCUT2D eigenvalue weighted by atomic mass is 16.6. The van der Waals surface area contributed by atoms with Gasteiger partial charge >= 0.3 is 11.7 Å². The van der Waals surface area contributed by atoms with E-state index in [-0.39, 0.29) is 17.4 Å². The van der Waals surface area contributed by atoms with E-state index in [4.69, 9.17) is 4.74 Å². The fourth-order valence-corrected chi connectivity index (χ4v) is 3.05. The molecule has 1 aliphatic carbocycles. The molecule has 1 amide bonds. The number of hydrogen-bond acceptors (Lipinski definition) is 4. The van der Waals surface area contributed by atoms with E-state index in [0.29, 0.717) is 5.65 Å². The van der Waals surface area contributed by atoms with Crippen LogP contribution in [0.2, 0.25) is 0 Å². The number of pyridine rings is 1. The third-order valence-corrected chi connectivity index (χ3v) is 4.27. The molecule has 0 atom stereocenters. The predicted octanol–water partition coefficient (Wildman–Crippen LogP) is 2.81. The number of rotatable bonds is 2. The average Bonchev–Trinajstić information content (AvgIpc) is 2.79. The highest BCUT2D eigenvalue weighted by Crippen LogP contribution is 2.17. The van der Waals surface area contributed by atoms with Crippen molar-refractivity contribution in [3.8, 4) is 5.75 Å². The summed E-state index contributed by atoms with van der Waals surface area (Å²) in [5.41, 5.74) is 0.908. The van der Waals surface area contributed by atoms with E-state index in [1.54, 1.807) is 6.07 Å². The number of ether oxygens (including phenoxy) is 1. The molecule has 1 saturated carbocycles. The van der Waals surface area contributed by atoms with Crippen molar-refractivity contribution in [2.75, 3.05) is 0 Å². The molecule has 0 unspecified atom stereocenters. The Hall–Kier alpha value is -2.37. The van der Waals surface area contributed by atoms with Crippen LogP contribution in [0.25, 0.3) is 5.65 Å². The number of hydrogen-bond donors (Lipinski definition) is 1. The Balaban J connectivity index is 1.76. The van der Waals surface area contributed by atoms with Crippen molar-refractivity contribution in [1.29, 1.82) is 0 Å². The van der Waals surface area contributed by atoms with Gasteiger partial charge < -0.3 is 10.1 Å². The van der Waals surface area contributed by atoms with Crippen LogP contribution in [-0.2, 0) is 0 Å². The Morgan fingerprint density at radius 1 is 1.26 bits per heavy atom. The third-order valence-electron chi connectivity index (χ3n) is 4.27. The van der Waals surface area contributed by atoms with Crippen LogP contribution in [-0.4, -0.2) is 21.5 Å². The SMILES string of the molecule is Cc1cccc2ncc(OC(=O)NC3CCCCCC3)c(=O)n12. The molecule has 2 heterocycles. The Morgan fingerprint density at radius 3 is 2.74 bits per heavy atom. The van der Waals surface area contributed by atoms with E-state index in [0.717, 1.165) is 31.4 Å². The molecule has 2 aromatic heterocycles. The molecule has 0 radical (unpaired) electrons. The maximum Gasteiger partial charge on any atom is 0.413 e. The second-order valence-corrected chi connectivity index (χ2v) is 6.01. The van der Waals surface area contributed by atoms with Crippen molar-refractivity contribution >= 4 is 11.7 Å². The Morgan fingerprint density at radius 2 is 2.00 bits per heavy atom. The standard InChI is InChI=1S/C17H21N3O3/c1-12-7-6-10-15-18-11-14(16(21)20(12)15)23-17(22)19-13-8-4-2-3-5-9-13/h6-7,10-11,13H,2-5,8-9H2,1H3,(H,19,22). The molecule has 1 N–H and O–H groups in total. The summed E-state index contributed by atoms with van der Waals surface area (Å²) in [7, 11) is 0. The zero-order chi connectivity index (χ0) is 16.2. The van der Waals surface area contributed by atoms with E-state index < -0.39 is 6.09 Å². The molecule has 0 saturated heterocycles. The molecule has 3 rings (SSSR count). The van der Waals surface area contributed by atoms with E-state index >= 15 is 0 Å². The smallest absolute Gasteiger partial charge is 0.403 e. The van der Waals surface area contributed by atoms with Crippen molar-refractivity contribution in [2.24, 2.45) is 0 Å². The highest BCUT2D eigenvalue weighted by Gasteiger charge is 2.17. The van der Waals surface area contributed by atoms with Crippen LogP contribution in [0, 0.1) is 6.92 Å². The fourth-order valence-electron chi connectivity index (χ4n) is 3.05. The Bertz CT molecular complexity index is 761. The maximum absolute atomic E-state index is 12.4. The van der Waals surface area contributed by atoms with Gasteiger partial charge in [0.05, 0.1) is 6.20 Å². The molecule has 23 heavy (non-hydrogen) atoms. The molecule has 0 aliphatic heterocycles. The third kappa shape index (κ3) is 3.52. The highest BCUT2D eigenvalue weighted by molar-refractivity contribution is 5.70. The summed E-state index contributed by atoms with van der Waals surface area (Å²) in [6, 6.07) is 5.51. The van der Waals surface area contributed by atoms with E-state index in [2.05, 4.69) is 10.3 Å². The van der Waals surface area contributed by atoms with Gasteiger partial charge in [-0.05, 0) is 31.9 Å². The number of aryl methyl sites for hydroxylation is 1. The number of carbonyl (C=O) groups is 1. The molecule has 122 valence electrons. The van der Waals surface area contributed by atoms with Gasteiger partial charge in [0.2, 0.25) is 5.75 Å². The van der Waals surface area contributed by atoms with Crippen molar-refractivity contribution in [3.63, 3.8) is 0 Å². The van der Waals surface area contributed by atoms with Crippen LogP contribution in [0.1, 0.15) is 44.2 Å². The first kappa shape index (κ1) is 15.5. The van der Waals surface area contributed by atoms with Crippen LogP contribution < -0.4 is 15.6 Å². The maximum atomic E-state index is 12.4. The van der Waals surface area contributed by atoms with E-state index in [1.807, 2.05) is 19.1 Å². The van der Waals surface area contributed by atoms with Gasteiger partial charge in [-0.25, -0.2) is 9.78 Å². The zero-order valence-electron chi connectivity index (χ0n) is 13.2. The van der Waals surface area contributed by atoms with Gasteiger partial charge in [-0.15, -0.1) is 0 Å². The molecule has 1 aliphatic rings. The number of nitrogens with one attached hydrogen (secondary N) is 1. The molecule has 1 fully saturated rings. The topological polar surface area (TPSA) is 72.7 Å². The predicted molar refractivity (Wildman–Crippen MR) is 86.8 cm³/mol. The minimum absolute atomic E-state index is 0.0529. The first-order chi connectivity index (χ1) is 11.1. The van der Waals surface area contributed by atoms with Crippen LogP contribution >= 0.6 is 0 Å². The summed E-state index contributed by atoms with van der Waals surface area (Å²) >= 11 is 0. The van der Waals surface area contributed by atoms with Crippen molar-refractivity contribution in [1.82, 2.24) is 14.7 Å². The summed E-state index contributed by atoms with van der Waals surface area (Å²) in [5, 5.41) is 2.86. The second-order valence-electron chi connectivity index (χ2n) is 6.01. The molecule has 0 bridgehead atoms. The molecule has 6 heteroatoms. The molecule has 6 nitrogen and oxygen atoms in total. The van der Waals surface area contributed by atoms with Crippen LogP contribution in [0.3, 0.4) is 0 Å². The quantitative estimate of drug-likeness (QED) is 0.865. The van der Waals surface area contributed by atoms with Crippen molar-refractivity contribution in [2.45, 2.75) is 51.5 Å². The monoisotopic (exact) mass is 315 g/mol. The summed E-state index contributed by atoms with van der Waals surface area (Å²) in [6.07, 6.45) is 7.31. The summed E-state index contributed by atoms with van der Waals surface area (Å²) < 4.78 is 6.64. The van der Waals surface area contributed by atoms with E-state index in [1.165, 1.54) is 23.4 Å². The van der Waals surface area contributed by atoms with Gasteiger partial charge in [-0.1, -0.05) is 31.7 Å². The van der Waals surface area contributed by atoms with Crippen molar-refractivity contribution in [3.05, 3.63) is 40.4 Å². The van der Waals surface area contributed by atoms with Gasteiger partial charge in [-0.3, -0.25) is 9.20 Å². The Kier molecular flexibility index (Phi) is 4.60. The number of aromatic nitrogens is 2. The average molecular weight is 315 g/mol. The summed E-state index contributed by atoms with van der Waals surface area (Å²) in [6.45, 7) is 1.81. The Labute approximate surface area is 134 Å². The lowest BCUT2D eigenvalue weighted by molar-refractivity contribution is 0.193. The van der Waals surface area contributed by atoms with Gasteiger partial charge in [0, 0.05) is 11.7 Å². The minimum atomic E-state index is -0.579. The van der Waals surface area contributed by atoms with Crippen LogP contribution in [0.15, 0.2) is 29.2 Å². The number of nitrogens with zero attached hydrogens (tertiary/aromatic N) is 2. The molecule has 0 aromatic carbocycles. The van der Waals surface area contributed by atoms with Gasteiger partial charge in [0.15, 0.2) is 0 Å². The van der Waals surface area contributed by atoms with Crippen molar-refractivity contribution < 1.29 is 9.53 Å². The lowest BCUT2D eigenvalue weighted by atomic mass is 10.1. The summed E-state index contributed by atoms with van der Waals surface area (Å²) in [4.78, 5) is 28.7. The molecular formula is C17H21N3O3. The van der Waals surface area contributed by atoms with E-state index in [9.17, 15) is 9.59 Å². The molecular weight excluding hydrogens is 294 g/mol. The lowest BCUT2D eigenvalue weighted by Crippen LogP contribution is -2.37. The number of amides is 1. The normalized spacial score (nSPS) is 16.0. The van der Waals surface area contributed by atoms with Crippen LogP contribution in [0.5, 0.6) is 5.75 Å². The molecule has 2 aromatic rings. The first-order valence-electron chi connectivity index (χ1n) is 8.11. The lowest BCUT2D eigenvalue weighted by Gasteiger charge is -2.15. The largest absolute Gasteiger partial charge is 0.413 e. The van der Waals surface area contributed by atoms with Crippen LogP contribution in [0.4, 0.5) is 4.79 Å². The first-order valence-corrected chi connectivity index (χ1v) is 8.11.